The highest BCUT2D eigenvalue weighted by atomic mass is 32.2. The minimum Gasteiger partial charge on any atom is -0.456 e. The van der Waals surface area contributed by atoms with E-state index in [0.717, 1.165) is 0 Å². The molecule has 0 aliphatic heterocycles. The zero-order valence-corrected chi connectivity index (χ0v) is 11.0. The SMILES string of the molecule is C[S@@](=N)(=O)c1ccc2oc3ccccc3c(=O)c2c1. The van der Waals surface area contributed by atoms with Gasteiger partial charge in [0.05, 0.1) is 20.5 Å². The van der Waals surface area contributed by atoms with E-state index in [-0.39, 0.29) is 5.43 Å². The lowest BCUT2D eigenvalue weighted by atomic mass is 10.1. The Balaban J connectivity index is 2.50. The lowest BCUT2D eigenvalue weighted by Crippen LogP contribution is -2.03. The van der Waals surface area contributed by atoms with Gasteiger partial charge in [-0.25, -0.2) is 8.99 Å². The molecule has 19 heavy (non-hydrogen) atoms. The molecule has 5 heteroatoms. The van der Waals surface area contributed by atoms with Crippen LogP contribution >= 0.6 is 0 Å². The molecule has 2 aromatic carbocycles. The Morgan fingerprint density at radius 1 is 1.05 bits per heavy atom. The lowest BCUT2D eigenvalue weighted by Gasteiger charge is -2.04. The van der Waals surface area contributed by atoms with Gasteiger partial charge in [0.1, 0.15) is 11.2 Å². The van der Waals surface area contributed by atoms with E-state index in [9.17, 15) is 9.00 Å². The average molecular weight is 273 g/mol. The second-order valence-electron chi connectivity index (χ2n) is 4.43. The number of rotatable bonds is 1. The zero-order valence-electron chi connectivity index (χ0n) is 10.2. The van der Waals surface area contributed by atoms with Crippen LogP contribution in [0, 0.1) is 4.78 Å². The predicted molar refractivity (Wildman–Crippen MR) is 75.0 cm³/mol. The molecule has 0 aliphatic carbocycles. The van der Waals surface area contributed by atoms with Crippen molar-refractivity contribution in [1.82, 2.24) is 0 Å². The molecule has 0 amide bonds. The summed E-state index contributed by atoms with van der Waals surface area (Å²) in [5.74, 6) is 0. The van der Waals surface area contributed by atoms with E-state index in [0.29, 0.717) is 26.8 Å². The molecule has 0 fully saturated rings. The van der Waals surface area contributed by atoms with Crippen LogP contribution in [0.4, 0.5) is 0 Å². The third-order valence-corrected chi connectivity index (χ3v) is 4.15. The van der Waals surface area contributed by atoms with Gasteiger partial charge in [-0.05, 0) is 30.3 Å². The fourth-order valence-corrected chi connectivity index (χ4v) is 2.70. The van der Waals surface area contributed by atoms with Gasteiger partial charge in [0.15, 0.2) is 0 Å². The van der Waals surface area contributed by atoms with Gasteiger partial charge >= 0.3 is 0 Å². The molecule has 1 heterocycles. The van der Waals surface area contributed by atoms with E-state index >= 15 is 0 Å². The van der Waals surface area contributed by atoms with Gasteiger partial charge in [-0.1, -0.05) is 12.1 Å². The maximum absolute atomic E-state index is 12.4. The first-order chi connectivity index (χ1) is 8.97. The third kappa shape index (κ3) is 1.92. The largest absolute Gasteiger partial charge is 0.456 e. The second kappa shape index (κ2) is 3.93. The molecule has 3 rings (SSSR count). The molecule has 3 aromatic rings. The highest BCUT2D eigenvalue weighted by molar-refractivity contribution is 7.91. The van der Waals surface area contributed by atoms with Crippen LogP contribution in [0.5, 0.6) is 0 Å². The second-order valence-corrected chi connectivity index (χ2v) is 6.59. The minimum absolute atomic E-state index is 0.164. The van der Waals surface area contributed by atoms with E-state index < -0.39 is 9.73 Å². The molecule has 1 atom stereocenters. The van der Waals surface area contributed by atoms with E-state index in [1.165, 1.54) is 12.3 Å². The van der Waals surface area contributed by atoms with E-state index in [4.69, 9.17) is 9.20 Å². The molecule has 4 nitrogen and oxygen atoms in total. The lowest BCUT2D eigenvalue weighted by molar-refractivity contribution is 0.659. The van der Waals surface area contributed by atoms with Gasteiger partial charge in [0.25, 0.3) is 0 Å². The summed E-state index contributed by atoms with van der Waals surface area (Å²) in [7, 11) is -2.84. The highest BCUT2D eigenvalue weighted by Gasteiger charge is 2.10. The van der Waals surface area contributed by atoms with Crippen LogP contribution in [0.25, 0.3) is 21.9 Å². The van der Waals surface area contributed by atoms with Crippen molar-refractivity contribution < 1.29 is 8.63 Å². The van der Waals surface area contributed by atoms with Gasteiger partial charge < -0.3 is 4.42 Å². The van der Waals surface area contributed by atoms with Crippen molar-refractivity contribution in [2.24, 2.45) is 0 Å². The molecular formula is C14H11NO3S. The van der Waals surface area contributed by atoms with Gasteiger partial charge in [-0.2, -0.15) is 0 Å². The van der Waals surface area contributed by atoms with Crippen LogP contribution < -0.4 is 5.43 Å². The zero-order chi connectivity index (χ0) is 13.6. The van der Waals surface area contributed by atoms with E-state index in [1.54, 1.807) is 36.4 Å². The van der Waals surface area contributed by atoms with Gasteiger partial charge in [0.2, 0.25) is 5.43 Å². The first-order valence-corrected chi connectivity index (χ1v) is 7.63. The molecule has 0 bridgehead atoms. The fourth-order valence-electron chi connectivity index (χ4n) is 2.02. The molecule has 0 unspecified atom stereocenters. The topological polar surface area (TPSA) is 71.1 Å². The van der Waals surface area contributed by atoms with Crippen LogP contribution in [-0.4, -0.2) is 10.5 Å². The molecule has 0 aliphatic rings. The summed E-state index contributed by atoms with van der Waals surface area (Å²) in [5, 5.41) is 0.845. The number of fused-ring (bicyclic) bond motifs is 2. The maximum atomic E-state index is 12.4. The Morgan fingerprint density at radius 3 is 2.47 bits per heavy atom. The monoisotopic (exact) mass is 273 g/mol. The summed E-state index contributed by atoms with van der Waals surface area (Å²) in [5.41, 5.74) is 0.800. The van der Waals surface area contributed by atoms with Gasteiger partial charge in [0, 0.05) is 11.2 Å². The van der Waals surface area contributed by atoms with Gasteiger partial charge in [-0.15, -0.1) is 0 Å². The Labute approximate surface area is 109 Å². The molecule has 0 saturated carbocycles. The highest BCUT2D eigenvalue weighted by Crippen LogP contribution is 2.21. The van der Waals surface area contributed by atoms with Crippen molar-refractivity contribution >= 4 is 31.7 Å². The Hall–Kier alpha value is -2.14. The summed E-state index contributed by atoms with van der Waals surface area (Å²) in [4.78, 5) is 12.7. The first-order valence-electron chi connectivity index (χ1n) is 5.66. The minimum atomic E-state index is -2.84. The molecule has 0 spiro atoms. The van der Waals surface area contributed by atoms with Crippen molar-refractivity contribution in [3.63, 3.8) is 0 Å². The van der Waals surface area contributed by atoms with E-state index in [2.05, 4.69) is 0 Å². The number of para-hydroxylation sites is 1. The Morgan fingerprint density at radius 2 is 1.74 bits per heavy atom. The first kappa shape index (κ1) is 11.9. The van der Waals surface area contributed by atoms with E-state index in [1.807, 2.05) is 0 Å². The summed E-state index contributed by atoms with van der Waals surface area (Å²) in [6.45, 7) is 0. The Kier molecular flexibility index (Phi) is 2.46. The predicted octanol–water partition coefficient (Wildman–Crippen LogP) is 2.98. The van der Waals surface area contributed by atoms with Crippen LogP contribution in [0.2, 0.25) is 0 Å². The summed E-state index contributed by atoms with van der Waals surface area (Å²) in [6, 6.07) is 11.6. The summed E-state index contributed by atoms with van der Waals surface area (Å²) in [6.07, 6.45) is 1.33. The molecule has 0 radical (unpaired) electrons. The van der Waals surface area contributed by atoms with Crippen LogP contribution in [-0.2, 0) is 9.73 Å². The number of nitrogens with one attached hydrogen (secondary N) is 1. The Bertz CT molecular complexity index is 955. The van der Waals surface area contributed by atoms with Crippen molar-refractivity contribution in [1.29, 1.82) is 4.78 Å². The van der Waals surface area contributed by atoms with Crippen molar-refractivity contribution in [3.8, 4) is 0 Å². The third-order valence-electron chi connectivity index (χ3n) is 3.00. The maximum Gasteiger partial charge on any atom is 0.200 e. The molecule has 96 valence electrons. The number of hydrogen-bond acceptors (Lipinski definition) is 4. The molecule has 1 aromatic heterocycles. The number of benzene rings is 2. The van der Waals surface area contributed by atoms with Crippen LogP contribution in [0.3, 0.4) is 0 Å². The molecule has 1 N–H and O–H groups in total. The normalized spacial score (nSPS) is 14.6. The standard InChI is InChI=1S/C14H11NO3S/c1-19(15,17)9-6-7-13-11(8-9)14(16)10-4-2-3-5-12(10)18-13/h2-8,15H,1H3/t19-/m1/s1. The molecule has 0 saturated heterocycles. The molecular weight excluding hydrogens is 262 g/mol. The summed E-state index contributed by atoms with van der Waals surface area (Å²) >= 11 is 0. The smallest absolute Gasteiger partial charge is 0.200 e. The quantitative estimate of drug-likeness (QED) is 0.693. The van der Waals surface area contributed by atoms with Crippen LogP contribution in [0.15, 0.2) is 56.6 Å². The van der Waals surface area contributed by atoms with Crippen molar-refractivity contribution in [3.05, 3.63) is 52.7 Å². The fraction of sp³-hybridized carbons (Fsp3) is 0.0714. The average Bonchev–Trinajstić information content (AvgIpc) is 2.37. The van der Waals surface area contributed by atoms with Crippen LogP contribution in [0.1, 0.15) is 0 Å². The summed E-state index contributed by atoms with van der Waals surface area (Å²) < 4.78 is 25.0. The number of hydrogen-bond donors (Lipinski definition) is 1. The van der Waals surface area contributed by atoms with Crippen molar-refractivity contribution in [2.75, 3.05) is 6.26 Å². The van der Waals surface area contributed by atoms with Crippen molar-refractivity contribution in [2.45, 2.75) is 4.90 Å². The van der Waals surface area contributed by atoms with Gasteiger partial charge in [-0.3, -0.25) is 4.79 Å².